The number of ether oxygens (including phenoxy) is 1. The molecule has 21 heteroatoms. The number of hydrogen-bond acceptors (Lipinski definition) is 15. The summed E-state index contributed by atoms with van der Waals surface area (Å²) in [6.07, 6.45) is -4.78. The van der Waals surface area contributed by atoms with Crippen LogP contribution in [0.5, 0.6) is 0 Å². The Morgan fingerprint density at radius 2 is 1.77 bits per heavy atom. The number of fused-ring (bicyclic) bond motifs is 1. The first-order valence-corrected chi connectivity index (χ1v) is 9.97. The summed E-state index contributed by atoms with van der Waals surface area (Å²) in [5, 5.41) is 44.5. The molecule has 1 aliphatic rings. The summed E-state index contributed by atoms with van der Waals surface area (Å²) in [7, 11) is -5.34. The number of carboxylic acid groups (broad SMARTS) is 2. The van der Waals surface area contributed by atoms with Gasteiger partial charge >= 0.3 is 118 Å². The molecule has 3 N–H and O–H groups in total. The van der Waals surface area contributed by atoms with Crippen LogP contribution in [0.1, 0.15) is 12.6 Å². The van der Waals surface area contributed by atoms with Gasteiger partial charge in [-0.15, -0.1) is 0 Å². The summed E-state index contributed by atoms with van der Waals surface area (Å²) in [5.41, 5.74) is -0.0557. The predicted molar refractivity (Wildman–Crippen MR) is 86.8 cm³/mol. The van der Waals surface area contributed by atoms with Crippen LogP contribution < -0.4 is 144 Å². The van der Waals surface area contributed by atoms with Crippen molar-refractivity contribution < 1.29 is 172 Å². The van der Waals surface area contributed by atoms with Gasteiger partial charge in [0, 0.05) is 12.4 Å². The zero-order chi connectivity index (χ0) is 22.9. The van der Waals surface area contributed by atoms with Crippen molar-refractivity contribution >= 4 is 36.7 Å². The number of aliphatic hydroxyl groups excluding tert-OH is 2. The number of carbonyl (C=O) groups is 2. The van der Waals surface area contributed by atoms with Crippen LogP contribution in [0.4, 0.5) is 5.82 Å². The molecule has 2 aromatic rings. The Labute approximate surface area is 286 Å². The maximum absolute atomic E-state index is 11.1. The van der Waals surface area contributed by atoms with Gasteiger partial charge in [0.25, 0.3) is 0 Å². The maximum Gasteiger partial charge on any atom is 1.00 e. The number of anilines is 1. The van der Waals surface area contributed by atoms with E-state index >= 15 is 0 Å². The molecule has 0 saturated carbocycles. The summed E-state index contributed by atoms with van der Waals surface area (Å²) in [5.74, 6) is -3.56. The number of aliphatic hydroxyl groups is 2. The van der Waals surface area contributed by atoms with Crippen LogP contribution in [0.3, 0.4) is 0 Å². The Morgan fingerprint density at radius 1 is 1.14 bits per heavy atom. The standard InChI is InChI=1S/C14H18N5O11P.4Na/c20-7(21)1-5(14(24)25)18-11-8-12(16-3-15-11)19(4-17-8)13-10(23)9(22)6(30-13)2-29-31(26,27)28;;;;/h3-6,9-10,13,22-23H,1-2H2,(H,20,21)(H,24,25)(H,15,16,18)(H2,26,27,28);;;;/q;4*+1/p-4. The first-order valence-electron chi connectivity index (χ1n) is 8.51. The van der Waals surface area contributed by atoms with Crippen molar-refractivity contribution in [1.29, 1.82) is 0 Å². The van der Waals surface area contributed by atoms with Crippen LogP contribution >= 0.6 is 7.82 Å². The Bertz CT molecular complexity index is 1040. The average Bonchev–Trinajstić information content (AvgIpc) is 3.21. The van der Waals surface area contributed by atoms with E-state index in [0.717, 1.165) is 17.2 Å². The minimum absolute atomic E-state index is 0. The van der Waals surface area contributed by atoms with Gasteiger partial charge in [0.05, 0.1) is 32.8 Å². The molecule has 1 fully saturated rings. The number of rotatable bonds is 9. The molecule has 0 aliphatic carbocycles. The Morgan fingerprint density at radius 3 is 2.31 bits per heavy atom. The summed E-state index contributed by atoms with van der Waals surface area (Å²) < 4.78 is 21.2. The van der Waals surface area contributed by atoms with E-state index < -0.39 is 63.4 Å². The van der Waals surface area contributed by atoms with E-state index in [2.05, 4.69) is 24.8 Å². The summed E-state index contributed by atoms with van der Waals surface area (Å²) in [4.78, 5) is 54.8. The van der Waals surface area contributed by atoms with Gasteiger partial charge in [0.2, 0.25) is 0 Å². The van der Waals surface area contributed by atoms with Crippen LogP contribution in [0, 0.1) is 0 Å². The zero-order valence-corrected chi connectivity index (χ0v) is 28.2. The van der Waals surface area contributed by atoms with E-state index in [1.54, 1.807) is 0 Å². The Kier molecular flexibility index (Phi) is 18.0. The second kappa shape index (κ2) is 16.4. The van der Waals surface area contributed by atoms with Crippen LogP contribution in [0.2, 0.25) is 0 Å². The number of nitrogens with zero attached hydrogens (tertiary/aromatic N) is 4. The molecule has 1 aliphatic heterocycles. The topological polar surface area (TPSA) is 258 Å². The number of phosphoric ester groups is 1. The third-order valence-electron chi connectivity index (χ3n) is 4.33. The van der Waals surface area contributed by atoms with Crippen LogP contribution in [0.15, 0.2) is 12.7 Å². The molecule has 2 aromatic heterocycles. The van der Waals surface area contributed by atoms with Crippen molar-refractivity contribution in [3.8, 4) is 0 Å². The van der Waals surface area contributed by atoms with Gasteiger partial charge in [-0.3, -0.25) is 4.57 Å². The maximum atomic E-state index is 11.1. The van der Waals surface area contributed by atoms with Gasteiger partial charge in [-0.25, -0.2) is 15.0 Å². The number of hydrogen-bond donors (Lipinski definition) is 3. The van der Waals surface area contributed by atoms with Crippen LogP contribution in [0.25, 0.3) is 11.2 Å². The van der Waals surface area contributed by atoms with Crippen molar-refractivity contribution in [1.82, 2.24) is 19.5 Å². The van der Waals surface area contributed by atoms with Crippen molar-refractivity contribution in [2.75, 3.05) is 11.9 Å². The van der Waals surface area contributed by atoms with E-state index in [4.69, 9.17) is 4.74 Å². The molecular weight excluding hydrogens is 537 g/mol. The summed E-state index contributed by atoms with van der Waals surface area (Å²) in [6, 6.07) is -1.69. The minimum Gasteiger partial charge on any atom is -0.790 e. The van der Waals surface area contributed by atoms with Crippen LogP contribution in [-0.4, -0.2) is 72.6 Å². The molecular formula is C14H14N5Na4O11P. The van der Waals surface area contributed by atoms with Gasteiger partial charge < -0.3 is 58.9 Å². The molecule has 0 radical (unpaired) electrons. The van der Waals surface area contributed by atoms with Crippen LogP contribution in [-0.2, 0) is 23.4 Å². The number of aliphatic carboxylic acids is 2. The van der Waals surface area contributed by atoms with E-state index in [0.29, 0.717) is 0 Å². The van der Waals surface area contributed by atoms with E-state index in [9.17, 15) is 44.4 Å². The molecule has 35 heavy (non-hydrogen) atoms. The number of aromatic nitrogens is 4. The number of carboxylic acids is 2. The molecule has 16 nitrogen and oxygen atoms in total. The van der Waals surface area contributed by atoms with Crippen molar-refractivity contribution in [3.63, 3.8) is 0 Å². The van der Waals surface area contributed by atoms with Gasteiger partial charge in [0.15, 0.2) is 23.2 Å². The Hall–Kier alpha value is 1.28. The fourth-order valence-electron chi connectivity index (χ4n) is 2.93. The number of carbonyl (C=O) groups excluding carboxylic acids is 2. The van der Waals surface area contributed by atoms with E-state index in [-0.39, 0.29) is 135 Å². The number of imidazole rings is 1. The molecule has 170 valence electrons. The van der Waals surface area contributed by atoms with Crippen molar-refractivity contribution in [2.45, 2.75) is 37.0 Å². The molecule has 3 heterocycles. The smallest absolute Gasteiger partial charge is 0.790 e. The molecule has 3 rings (SSSR count). The van der Waals surface area contributed by atoms with Gasteiger partial charge in [0.1, 0.15) is 24.6 Å². The fourth-order valence-corrected chi connectivity index (χ4v) is 3.26. The van der Waals surface area contributed by atoms with Gasteiger partial charge in [-0.1, -0.05) is 0 Å². The third-order valence-corrected chi connectivity index (χ3v) is 4.80. The Balaban J connectivity index is 0. The summed E-state index contributed by atoms with van der Waals surface area (Å²) in [6.45, 7) is -0.843. The predicted octanol–water partition coefficient (Wildman–Crippen LogP) is -18.0. The van der Waals surface area contributed by atoms with Crippen molar-refractivity contribution in [3.05, 3.63) is 12.7 Å². The second-order valence-electron chi connectivity index (χ2n) is 6.43. The normalized spacial score (nSPS) is 22.1. The molecule has 0 amide bonds. The van der Waals surface area contributed by atoms with Gasteiger partial charge in [-0.2, -0.15) is 0 Å². The van der Waals surface area contributed by atoms with E-state index in [1.165, 1.54) is 0 Å². The molecule has 0 spiro atoms. The number of phosphoric acid groups is 1. The quantitative estimate of drug-likeness (QED) is 0.193. The SMILES string of the molecule is O=C([O-])CC(Nc1ncnc2c1ncn2C1OC(COP(=O)([O-])[O-])C(O)C1O)C(=O)[O-].[Na+].[Na+].[Na+].[Na+]. The van der Waals surface area contributed by atoms with E-state index in [1.807, 2.05) is 0 Å². The largest absolute Gasteiger partial charge is 1.00 e. The zero-order valence-electron chi connectivity index (χ0n) is 19.3. The molecule has 5 atom stereocenters. The third kappa shape index (κ3) is 10.1. The second-order valence-corrected chi connectivity index (χ2v) is 7.58. The summed E-state index contributed by atoms with van der Waals surface area (Å²) >= 11 is 0. The molecule has 1 saturated heterocycles. The first-order chi connectivity index (χ1) is 14.5. The number of nitrogens with one attached hydrogen (secondary N) is 1. The average molecular weight is 551 g/mol. The molecule has 0 aromatic carbocycles. The minimum atomic E-state index is -5.34. The first kappa shape index (κ1) is 38.4. The molecule has 0 bridgehead atoms. The fraction of sp³-hybridized carbons (Fsp3) is 0.500. The van der Waals surface area contributed by atoms with Crippen molar-refractivity contribution in [2.24, 2.45) is 0 Å². The molecule has 5 unspecified atom stereocenters. The van der Waals surface area contributed by atoms with Gasteiger partial charge in [-0.05, 0) is 0 Å². The monoisotopic (exact) mass is 551 g/mol.